The average molecular weight is 380 g/mol. The maximum atomic E-state index is 12.6. The minimum absolute atomic E-state index is 0.0833. The minimum atomic E-state index is -0.614. The van der Waals surface area contributed by atoms with Gasteiger partial charge in [0.05, 0.1) is 6.61 Å². The molecule has 0 N–H and O–H groups in total. The van der Waals surface area contributed by atoms with Crippen molar-refractivity contribution in [3.8, 4) is 5.75 Å². The quantitative estimate of drug-likeness (QED) is 0.764. The molecular weight excluding hydrogens is 362 g/mol. The largest absolute Gasteiger partial charge is 0.490 e. The summed E-state index contributed by atoms with van der Waals surface area (Å²) in [6.07, 6.45) is 3.08. The van der Waals surface area contributed by atoms with Crippen LogP contribution in [0.3, 0.4) is 0 Å². The molecule has 2 aromatic rings. The molecule has 122 valence electrons. The number of carbonyl (C=O) groups excluding carboxylic acids is 1. The third-order valence-electron chi connectivity index (χ3n) is 3.94. The van der Waals surface area contributed by atoms with Crippen molar-refractivity contribution in [2.45, 2.75) is 26.2 Å². The van der Waals surface area contributed by atoms with E-state index in [4.69, 9.17) is 9.15 Å². The van der Waals surface area contributed by atoms with E-state index in [-0.39, 0.29) is 11.5 Å². The van der Waals surface area contributed by atoms with E-state index in [1.54, 1.807) is 17.0 Å². The zero-order chi connectivity index (χ0) is 16.4. The highest BCUT2D eigenvalue weighted by Gasteiger charge is 2.23. The number of fused-ring (bicyclic) bond motifs is 1. The number of hydrogen-bond acceptors (Lipinski definition) is 4. The first kappa shape index (κ1) is 16.1. The van der Waals surface area contributed by atoms with Crippen molar-refractivity contribution in [2.24, 2.45) is 0 Å². The smallest absolute Gasteiger partial charge is 0.349 e. The van der Waals surface area contributed by atoms with Crippen molar-refractivity contribution in [2.75, 3.05) is 19.7 Å². The summed E-state index contributed by atoms with van der Waals surface area (Å²) in [5.74, 6) is 0.240. The summed E-state index contributed by atoms with van der Waals surface area (Å²) in [6, 6.07) is 5.17. The molecule has 1 aliphatic rings. The van der Waals surface area contributed by atoms with E-state index < -0.39 is 5.63 Å². The number of hydrogen-bond donors (Lipinski definition) is 0. The normalized spacial score (nSPS) is 15.0. The summed E-state index contributed by atoms with van der Waals surface area (Å²) in [4.78, 5) is 26.6. The maximum Gasteiger partial charge on any atom is 0.349 e. The molecule has 1 saturated heterocycles. The molecule has 0 aliphatic carbocycles. The Morgan fingerprint density at radius 1 is 1.26 bits per heavy atom. The topological polar surface area (TPSA) is 59.8 Å². The average Bonchev–Trinajstić information content (AvgIpc) is 2.55. The fraction of sp³-hybridized carbons (Fsp3) is 0.412. The lowest BCUT2D eigenvalue weighted by Crippen LogP contribution is -2.37. The van der Waals surface area contributed by atoms with Gasteiger partial charge >= 0.3 is 5.63 Å². The van der Waals surface area contributed by atoms with Gasteiger partial charge in [0.2, 0.25) is 0 Å². The molecule has 0 saturated carbocycles. The number of amides is 1. The zero-order valence-corrected chi connectivity index (χ0v) is 14.5. The number of piperidine rings is 1. The minimum Gasteiger partial charge on any atom is -0.490 e. The molecule has 23 heavy (non-hydrogen) atoms. The number of ether oxygens (including phenoxy) is 1. The molecule has 1 aromatic carbocycles. The molecule has 0 radical (unpaired) electrons. The van der Waals surface area contributed by atoms with Gasteiger partial charge < -0.3 is 14.1 Å². The fourth-order valence-corrected chi connectivity index (χ4v) is 3.30. The molecule has 0 unspecified atom stereocenters. The van der Waals surface area contributed by atoms with Gasteiger partial charge in [0.1, 0.15) is 5.56 Å². The van der Waals surface area contributed by atoms with Crippen LogP contribution >= 0.6 is 15.9 Å². The first-order valence-electron chi connectivity index (χ1n) is 7.79. The van der Waals surface area contributed by atoms with Crippen molar-refractivity contribution in [1.29, 1.82) is 0 Å². The highest BCUT2D eigenvalue weighted by atomic mass is 79.9. The van der Waals surface area contributed by atoms with Crippen molar-refractivity contribution < 1.29 is 13.9 Å². The van der Waals surface area contributed by atoms with Gasteiger partial charge in [-0.15, -0.1) is 0 Å². The third-order valence-corrected chi connectivity index (χ3v) is 4.39. The lowest BCUT2D eigenvalue weighted by atomic mass is 10.1. The van der Waals surface area contributed by atoms with Crippen LogP contribution in [0.15, 0.2) is 31.9 Å². The standard InChI is InChI=1S/C17H18BrNO4/c1-2-22-14-10-12(18)8-11-9-13(17(21)23-15(11)14)16(20)19-6-4-3-5-7-19/h8-10H,2-7H2,1H3. The van der Waals surface area contributed by atoms with Crippen LogP contribution in [0.25, 0.3) is 11.0 Å². The van der Waals surface area contributed by atoms with Crippen molar-refractivity contribution >= 4 is 32.8 Å². The predicted octanol–water partition coefficient (Wildman–Crippen LogP) is 3.58. The van der Waals surface area contributed by atoms with Crippen LogP contribution in [-0.4, -0.2) is 30.5 Å². The molecule has 1 aliphatic heterocycles. The van der Waals surface area contributed by atoms with E-state index in [0.29, 0.717) is 36.4 Å². The number of rotatable bonds is 3. The van der Waals surface area contributed by atoms with E-state index in [2.05, 4.69) is 15.9 Å². The molecule has 0 bridgehead atoms. The lowest BCUT2D eigenvalue weighted by molar-refractivity contribution is 0.0720. The SMILES string of the molecule is CCOc1cc(Br)cc2cc(C(=O)N3CCCCC3)c(=O)oc12. The molecule has 5 nitrogen and oxygen atoms in total. The molecule has 6 heteroatoms. The summed E-state index contributed by atoms with van der Waals surface area (Å²) in [6.45, 7) is 3.71. The van der Waals surface area contributed by atoms with Gasteiger partial charge in [-0.05, 0) is 44.4 Å². The molecule has 1 amide bonds. The van der Waals surface area contributed by atoms with Crippen LogP contribution in [0.5, 0.6) is 5.75 Å². The highest BCUT2D eigenvalue weighted by molar-refractivity contribution is 9.10. The molecule has 2 heterocycles. The summed E-state index contributed by atoms with van der Waals surface area (Å²) in [5, 5.41) is 0.669. The maximum absolute atomic E-state index is 12.6. The van der Waals surface area contributed by atoms with Crippen molar-refractivity contribution in [3.63, 3.8) is 0 Å². The Hall–Kier alpha value is -1.82. The Morgan fingerprint density at radius 2 is 2.00 bits per heavy atom. The van der Waals surface area contributed by atoms with Gasteiger partial charge in [-0.3, -0.25) is 4.79 Å². The Bertz CT molecular complexity index is 793. The molecule has 1 fully saturated rings. The van der Waals surface area contributed by atoms with Gasteiger partial charge in [-0.25, -0.2) is 4.79 Å². The van der Waals surface area contributed by atoms with Gasteiger partial charge in [-0.1, -0.05) is 15.9 Å². The van der Waals surface area contributed by atoms with Crippen LogP contribution in [0.2, 0.25) is 0 Å². The first-order valence-corrected chi connectivity index (χ1v) is 8.59. The van der Waals surface area contributed by atoms with Gasteiger partial charge in [0.15, 0.2) is 11.3 Å². The van der Waals surface area contributed by atoms with Crippen LogP contribution in [-0.2, 0) is 0 Å². The molecule has 1 aromatic heterocycles. The number of carbonyl (C=O) groups is 1. The Morgan fingerprint density at radius 3 is 2.70 bits per heavy atom. The Labute approximate surface area is 142 Å². The fourth-order valence-electron chi connectivity index (χ4n) is 2.85. The molecular formula is C17H18BrNO4. The van der Waals surface area contributed by atoms with Crippen LogP contribution in [0, 0.1) is 0 Å². The summed E-state index contributed by atoms with van der Waals surface area (Å²) >= 11 is 3.41. The Kier molecular flexibility index (Phi) is 4.71. The van der Waals surface area contributed by atoms with Crippen LogP contribution in [0.1, 0.15) is 36.5 Å². The number of likely N-dealkylation sites (tertiary alicyclic amines) is 1. The second-order valence-electron chi connectivity index (χ2n) is 5.56. The molecule has 0 atom stereocenters. The first-order chi connectivity index (χ1) is 11.1. The third kappa shape index (κ3) is 3.27. The number of nitrogens with zero attached hydrogens (tertiary/aromatic N) is 1. The highest BCUT2D eigenvalue weighted by Crippen LogP contribution is 2.30. The number of halogens is 1. The summed E-state index contributed by atoms with van der Waals surface area (Å²) in [5.41, 5.74) is -0.161. The van der Waals surface area contributed by atoms with E-state index >= 15 is 0 Å². The van der Waals surface area contributed by atoms with E-state index in [0.717, 1.165) is 23.7 Å². The van der Waals surface area contributed by atoms with Gasteiger partial charge in [-0.2, -0.15) is 0 Å². The molecule has 3 rings (SSSR count). The van der Waals surface area contributed by atoms with Crippen LogP contribution < -0.4 is 10.4 Å². The van der Waals surface area contributed by atoms with Crippen LogP contribution in [0.4, 0.5) is 0 Å². The van der Waals surface area contributed by atoms with E-state index in [1.165, 1.54) is 0 Å². The summed E-state index contributed by atoms with van der Waals surface area (Å²) < 4.78 is 11.7. The van der Waals surface area contributed by atoms with Gasteiger partial charge in [0, 0.05) is 22.9 Å². The van der Waals surface area contributed by atoms with Crippen molar-refractivity contribution in [1.82, 2.24) is 4.90 Å². The monoisotopic (exact) mass is 379 g/mol. The second kappa shape index (κ2) is 6.74. The number of benzene rings is 1. The summed E-state index contributed by atoms with van der Waals surface area (Å²) in [7, 11) is 0. The lowest BCUT2D eigenvalue weighted by Gasteiger charge is -2.26. The second-order valence-corrected chi connectivity index (χ2v) is 6.47. The Balaban J connectivity index is 2.07. The predicted molar refractivity (Wildman–Crippen MR) is 91.1 cm³/mol. The van der Waals surface area contributed by atoms with Gasteiger partial charge in [0.25, 0.3) is 5.91 Å². The molecule has 0 spiro atoms. The van der Waals surface area contributed by atoms with Crippen molar-refractivity contribution in [3.05, 3.63) is 38.7 Å². The van der Waals surface area contributed by atoms with E-state index in [9.17, 15) is 9.59 Å². The van der Waals surface area contributed by atoms with E-state index in [1.807, 2.05) is 13.0 Å². The zero-order valence-electron chi connectivity index (χ0n) is 12.9.